The molecule has 0 aromatic heterocycles. The average Bonchev–Trinajstić information content (AvgIpc) is 2.69. The van der Waals surface area contributed by atoms with Gasteiger partial charge in [0.2, 0.25) is 0 Å². The second kappa shape index (κ2) is 8.62. The fourth-order valence-electron chi connectivity index (χ4n) is 2.56. The maximum atomic E-state index is 12.1. The highest BCUT2D eigenvalue weighted by atomic mass is 16.3. The van der Waals surface area contributed by atoms with Crippen LogP contribution in [0.5, 0.6) is 23.0 Å². The molecule has 0 aliphatic heterocycles. The van der Waals surface area contributed by atoms with Gasteiger partial charge in [0.05, 0.1) is 6.21 Å². The third-order valence-electron chi connectivity index (χ3n) is 3.99. The van der Waals surface area contributed by atoms with E-state index in [0.29, 0.717) is 5.56 Å². The highest BCUT2D eigenvalue weighted by Gasteiger charge is 2.08. The topological polar surface area (TPSA) is 122 Å². The maximum Gasteiger partial charge on any atom is 0.271 e. The van der Waals surface area contributed by atoms with E-state index < -0.39 is 5.91 Å². The largest absolute Gasteiger partial charge is 0.508 e. The van der Waals surface area contributed by atoms with Gasteiger partial charge in [-0.15, -0.1) is 0 Å². The van der Waals surface area contributed by atoms with E-state index in [2.05, 4.69) is 10.5 Å². The molecule has 0 bridgehead atoms. The van der Waals surface area contributed by atoms with Crippen molar-refractivity contribution >= 4 is 24.3 Å². The number of amides is 1. The number of phenolic OH excluding ortho intramolecular Hbond substituents is 4. The molecule has 0 saturated carbocycles. The molecule has 0 atom stereocenters. The van der Waals surface area contributed by atoms with E-state index in [1.165, 1.54) is 36.5 Å². The maximum absolute atomic E-state index is 12.1. The first-order chi connectivity index (χ1) is 13.9. The van der Waals surface area contributed by atoms with Gasteiger partial charge in [-0.2, -0.15) is 5.10 Å². The Hall–Kier alpha value is -4.26. The molecule has 0 heterocycles. The van der Waals surface area contributed by atoms with Gasteiger partial charge in [0, 0.05) is 17.2 Å². The first-order valence-corrected chi connectivity index (χ1v) is 8.58. The van der Waals surface area contributed by atoms with Crippen molar-refractivity contribution in [3.05, 3.63) is 82.9 Å². The molecule has 7 heteroatoms. The number of nitrogens with one attached hydrogen (secondary N) is 1. The number of rotatable bonds is 5. The van der Waals surface area contributed by atoms with E-state index in [1.807, 2.05) is 0 Å². The predicted octanol–water partition coefficient (Wildman–Crippen LogP) is 3.44. The minimum absolute atomic E-state index is 0.0422. The van der Waals surface area contributed by atoms with Crippen LogP contribution in [0.25, 0.3) is 12.2 Å². The number of hydrazone groups is 1. The number of carbonyl (C=O) groups excluding carboxylic acids is 1. The van der Waals surface area contributed by atoms with Crippen molar-refractivity contribution in [2.45, 2.75) is 0 Å². The molecule has 0 spiro atoms. The molecule has 1 amide bonds. The summed E-state index contributed by atoms with van der Waals surface area (Å²) >= 11 is 0. The Balaban J connectivity index is 1.82. The van der Waals surface area contributed by atoms with Gasteiger partial charge in [-0.25, -0.2) is 5.43 Å². The second-order valence-corrected chi connectivity index (χ2v) is 6.14. The lowest BCUT2D eigenvalue weighted by Crippen LogP contribution is -2.17. The number of benzene rings is 3. The van der Waals surface area contributed by atoms with Gasteiger partial charge >= 0.3 is 0 Å². The van der Waals surface area contributed by atoms with E-state index in [9.17, 15) is 25.2 Å². The van der Waals surface area contributed by atoms with E-state index in [4.69, 9.17) is 0 Å². The first kappa shape index (κ1) is 19.5. The smallest absolute Gasteiger partial charge is 0.271 e. The predicted molar refractivity (Wildman–Crippen MR) is 110 cm³/mol. The summed E-state index contributed by atoms with van der Waals surface area (Å²) in [5, 5.41) is 42.6. The van der Waals surface area contributed by atoms with Crippen molar-refractivity contribution in [2.24, 2.45) is 5.10 Å². The van der Waals surface area contributed by atoms with Crippen molar-refractivity contribution in [1.29, 1.82) is 0 Å². The van der Waals surface area contributed by atoms with Gasteiger partial charge in [-0.3, -0.25) is 4.79 Å². The molecule has 0 unspecified atom stereocenters. The fourth-order valence-corrected chi connectivity index (χ4v) is 2.56. The number of nitrogens with zero attached hydrogens (tertiary/aromatic N) is 1. The zero-order valence-electron chi connectivity index (χ0n) is 15.1. The van der Waals surface area contributed by atoms with Crippen LogP contribution in [0.2, 0.25) is 0 Å². The Morgan fingerprint density at radius 2 is 1.59 bits per heavy atom. The van der Waals surface area contributed by atoms with Gasteiger partial charge < -0.3 is 20.4 Å². The molecule has 0 saturated heterocycles. The Labute approximate surface area is 166 Å². The highest BCUT2D eigenvalue weighted by molar-refractivity contribution is 5.96. The van der Waals surface area contributed by atoms with E-state index in [0.717, 1.165) is 11.6 Å². The molecule has 3 rings (SSSR count). The number of phenols is 4. The fraction of sp³-hybridized carbons (Fsp3) is 0. The summed E-state index contributed by atoms with van der Waals surface area (Å²) in [6, 6.07) is 14.9. The van der Waals surface area contributed by atoms with Gasteiger partial charge in [0.15, 0.2) is 0 Å². The van der Waals surface area contributed by atoms with E-state index >= 15 is 0 Å². The highest BCUT2D eigenvalue weighted by Crippen LogP contribution is 2.27. The molecule has 29 heavy (non-hydrogen) atoms. The number of carbonyl (C=O) groups is 1. The number of hydrogen-bond acceptors (Lipinski definition) is 6. The van der Waals surface area contributed by atoms with Gasteiger partial charge in [-0.05, 0) is 47.5 Å². The van der Waals surface area contributed by atoms with E-state index in [-0.39, 0.29) is 34.1 Å². The first-order valence-electron chi connectivity index (χ1n) is 8.58. The minimum atomic E-state index is -0.531. The second-order valence-electron chi connectivity index (χ2n) is 6.14. The molecule has 0 radical (unpaired) electrons. The van der Waals surface area contributed by atoms with Crippen LogP contribution in [0.1, 0.15) is 27.0 Å². The number of hydrogen-bond donors (Lipinski definition) is 5. The standard InChI is InChI=1S/C22H18N2O5/c25-17-8-5-14(6-9-17)4-7-15-10-19(27)12-21(28)20(15)13-23-24-22(29)16-2-1-3-18(26)11-16/h1-13,25-28H,(H,24,29)/b7-4+,23-13-. The summed E-state index contributed by atoms with van der Waals surface area (Å²) in [6.45, 7) is 0. The van der Waals surface area contributed by atoms with Crippen LogP contribution in [-0.2, 0) is 0 Å². The van der Waals surface area contributed by atoms with Crippen LogP contribution in [0.3, 0.4) is 0 Å². The van der Waals surface area contributed by atoms with Crippen molar-refractivity contribution < 1.29 is 25.2 Å². The summed E-state index contributed by atoms with van der Waals surface area (Å²) in [5.74, 6) is -0.775. The molecule has 5 N–H and O–H groups in total. The van der Waals surface area contributed by atoms with Crippen LogP contribution in [0.4, 0.5) is 0 Å². The molecule has 3 aromatic carbocycles. The van der Waals surface area contributed by atoms with E-state index in [1.54, 1.807) is 36.4 Å². The molecule has 3 aromatic rings. The van der Waals surface area contributed by atoms with Crippen molar-refractivity contribution in [1.82, 2.24) is 5.43 Å². The SMILES string of the molecule is O=C(N/N=C\c1c(O)cc(O)cc1/C=C/c1ccc(O)cc1)c1cccc(O)c1. The normalized spacial score (nSPS) is 11.2. The molecule has 0 fully saturated rings. The van der Waals surface area contributed by atoms with Crippen LogP contribution < -0.4 is 5.43 Å². The van der Waals surface area contributed by atoms with Crippen LogP contribution >= 0.6 is 0 Å². The Kier molecular flexibility index (Phi) is 5.80. The summed E-state index contributed by atoms with van der Waals surface area (Å²) < 4.78 is 0. The lowest BCUT2D eigenvalue weighted by atomic mass is 10.0. The average molecular weight is 390 g/mol. The summed E-state index contributed by atoms with van der Waals surface area (Å²) in [4.78, 5) is 12.1. The molecule has 7 nitrogen and oxygen atoms in total. The molecule has 146 valence electrons. The van der Waals surface area contributed by atoms with Crippen molar-refractivity contribution in [2.75, 3.05) is 0 Å². The minimum Gasteiger partial charge on any atom is -0.508 e. The Morgan fingerprint density at radius 1 is 0.828 bits per heavy atom. The zero-order chi connectivity index (χ0) is 20.8. The molecular weight excluding hydrogens is 372 g/mol. The van der Waals surface area contributed by atoms with Gasteiger partial charge in [0.25, 0.3) is 5.91 Å². The molecule has 0 aliphatic rings. The third kappa shape index (κ3) is 5.14. The Morgan fingerprint density at radius 3 is 2.31 bits per heavy atom. The lowest BCUT2D eigenvalue weighted by Gasteiger charge is -2.06. The molecule has 0 aliphatic carbocycles. The lowest BCUT2D eigenvalue weighted by molar-refractivity contribution is 0.0954. The van der Waals surface area contributed by atoms with Gasteiger partial charge in [-0.1, -0.05) is 30.4 Å². The summed E-state index contributed by atoms with van der Waals surface area (Å²) in [5.41, 5.74) is 4.09. The van der Waals surface area contributed by atoms with Crippen LogP contribution in [0, 0.1) is 0 Å². The summed E-state index contributed by atoms with van der Waals surface area (Å²) in [7, 11) is 0. The monoisotopic (exact) mass is 390 g/mol. The zero-order valence-corrected chi connectivity index (χ0v) is 15.1. The summed E-state index contributed by atoms with van der Waals surface area (Å²) in [6.07, 6.45) is 4.65. The van der Waals surface area contributed by atoms with Gasteiger partial charge in [0.1, 0.15) is 23.0 Å². The Bertz CT molecular complexity index is 1090. The quantitative estimate of drug-likeness (QED) is 0.259. The third-order valence-corrected chi connectivity index (χ3v) is 3.99. The van der Waals surface area contributed by atoms with Crippen LogP contribution in [-0.4, -0.2) is 32.5 Å². The van der Waals surface area contributed by atoms with Crippen molar-refractivity contribution in [3.8, 4) is 23.0 Å². The number of aromatic hydroxyl groups is 4. The molecular formula is C22H18N2O5. The van der Waals surface area contributed by atoms with Crippen molar-refractivity contribution in [3.63, 3.8) is 0 Å². The van der Waals surface area contributed by atoms with Crippen LogP contribution in [0.15, 0.2) is 65.8 Å².